The molecule has 2 aromatic rings. The van der Waals surface area contributed by atoms with Crippen molar-refractivity contribution in [3.8, 4) is 17.6 Å². The van der Waals surface area contributed by atoms with E-state index in [1.54, 1.807) is 12.1 Å². The molecule has 0 unspecified atom stereocenters. The Labute approximate surface area is 96.7 Å². The van der Waals surface area contributed by atoms with Gasteiger partial charge in [0.25, 0.3) is 0 Å². The Morgan fingerprint density at radius 1 is 1.00 bits per heavy atom. The fourth-order valence-electron chi connectivity index (χ4n) is 1.32. The molecule has 0 saturated carbocycles. The van der Waals surface area contributed by atoms with Crippen molar-refractivity contribution in [1.82, 2.24) is 0 Å². The van der Waals surface area contributed by atoms with Crippen LogP contribution in [0.5, 0.6) is 11.5 Å². The molecule has 0 radical (unpaired) electrons. The van der Waals surface area contributed by atoms with Crippen molar-refractivity contribution in [2.45, 2.75) is 0 Å². The highest BCUT2D eigenvalue weighted by molar-refractivity contribution is 5.45. The lowest BCUT2D eigenvalue weighted by Gasteiger charge is -2.07. The molecule has 17 heavy (non-hydrogen) atoms. The maximum absolute atomic E-state index is 13.3. The van der Waals surface area contributed by atoms with E-state index < -0.39 is 11.6 Å². The summed E-state index contributed by atoms with van der Waals surface area (Å²) in [6.07, 6.45) is 0. The molecule has 0 aliphatic carbocycles. The van der Waals surface area contributed by atoms with Gasteiger partial charge in [-0.2, -0.15) is 5.26 Å². The van der Waals surface area contributed by atoms with Crippen LogP contribution in [-0.2, 0) is 0 Å². The van der Waals surface area contributed by atoms with Crippen LogP contribution in [-0.4, -0.2) is 0 Å². The zero-order valence-electron chi connectivity index (χ0n) is 8.65. The van der Waals surface area contributed by atoms with E-state index in [4.69, 9.17) is 10.00 Å². The molecule has 0 aliphatic heterocycles. The van der Waals surface area contributed by atoms with Gasteiger partial charge in [0, 0.05) is 6.07 Å². The lowest BCUT2D eigenvalue weighted by molar-refractivity contribution is 0.435. The van der Waals surface area contributed by atoms with Crippen molar-refractivity contribution in [3.63, 3.8) is 0 Å². The fraction of sp³-hybridized carbons (Fsp3) is 0. The fourth-order valence-corrected chi connectivity index (χ4v) is 1.32. The summed E-state index contributed by atoms with van der Waals surface area (Å²) < 4.78 is 31.4. The van der Waals surface area contributed by atoms with Gasteiger partial charge in [0.15, 0.2) is 11.6 Å². The Morgan fingerprint density at radius 2 is 1.76 bits per heavy atom. The number of hydrogen-bond donors (Lipinski definition) is 0. The Bertz CT molecular complexity index is 590. The molecule has 0 bridgehead atoms. The average Bonchev–Trinajstić information content (AvgIpc) is 2.34. The molecule has 0 fully saturated rings. The van der Waals surface area contributed by atoms with Crippen LogP contribution in [0.25, 0.3) is 0 Å². The summed E-state index contributed by atoms with van der Waals surface area (Å²) in [7, 11) is 0. The first-order valence-corrected chi connectivity index (χ1v) is 4.83. The number of benzene rings is 2. The third kappa shape index (κ3) is 2.40. The summed E-state index contributed by atoms with van der Waals surface area (Å²) in [4.78, 5) is 0. The molecule has 0 heterocycles. The minimum absolute atomic E-state index is 0.194. The Balaban J connectivity index is 2.38. The third-order valence-electron chi connectivity index (χ3n) is 2.12. The van der Waals surface area contributed by atoms with Gasteiger partial charge < -0.3 is 4.74 Å². The summed E-state index contributed by atoms with van der Waals surface area (Å²) in [6, 6.07) is 11.2. The van der Waals surface area contributed by atoms with Crippen LogP contribution in [0.4, 0.5) is 8.78 Å². The van der Waals surface area contributed by atoms with Gasteiger partial charge in [0.05, 0.1) is 5.56 Å². The van der Waals surface area contributed by atoms with E-state index in [1.807, 2.05) is 6.07 Å². The van der Waals surface area contributed by atoms with Gasteiger partial charge in [-0.1, -0.05) is 12.1 Å². The van der Waals surface area contributed by atoms with Crippen LogP contribution >= 0.6 is 0 Å². The lowest BCUT2D eigenvalue weighted by atomic mass is 10.2. The van der Waals surface area contributed by atoms with E-state index >= 15 is 0 Å². The second-order valence-corrected chi connectivity index (χ2v) is 3.28. The normalized spacial score (nSPS) is 9.71. The summed E-state index contributed by atoms with van der Waals surface area (Å²) >= 11 is 0. The van der Waals surface area contributed by atoms with Crippen LogP contribution in [0.3, 0.4) is 0 Å². The van der Waals surface area contributed by atoms with E-state index in [9.17, 15) is 8.78 Å². The molecule has 0 aromatic heterocycles. The van der Waals surface area contributed by atoms with Crippen LogP contribution in [0.2, 0.25) is 0 Å². The molecule has 84 valence electrons. The first kappa shape index (κ1) is 11.1. The molecule has 2 nitrogen and oxygen atoms in total. The van der Waals surface area contributed by atoms with Gasteiger partial charge >= 0.3 is 0 Å². The van der Waals surface area contributed by atoms with Gasteiger partial charge in [-0.25, -0.2) is 8.78 Å². The van der Waals surface area contributed by atoms with Gasteiger partial charge in [0.1, 0.15) is 17.6 Å². The third-order valence-corrected chi connectivity index (χ3v) is 2.12. The van der Waals surface area contributed by atoms with Gasteiger partial charge in [0.2, 0.25) is 0 Å². The molecule has 2 rings (SSSR count). The number of nitrogens with zero attached hydrogens (tertiary/aromatic N) is 1. The molecule has 4 heteroatoms. The van der Waals surface area contributed by atoms with Crippen molar-refractivity contribution in [1.29, 1.82) is 5.26 Å². The minimum atomic E-state index is -0.681. The highest BCUT2D eigenvalue weighted by Crippen LogP contribution is 2.27. The second kappa shape index (κ2) is 4.62. The molecule has 0 saturated heterocycles. The monoisotopic (exact) mass is 231 g/mol. The number of ether oxygens (including phenoxy) is 1. The first-order chi connectivity index (χ1) is 8.20. The maximum Gasteiger partial charge on any atom is 0.166 e. The number of para-hydroxylation sites is 1. The molecule has 0 amide bonds. The van der Waals surface area contributed by atoms with Gasteiger partial charge in [-0.3, -0.25) is 0 Å². The summed E-state index contributed by atoms with van der Waals surface area (Å²) in [5, 5.41) is 8.82. The highest BCUT2D eigenvalue weighted by Gasteiger charge is 2.08. The lowest BCUT2D eigenvalue weighted by Crippen LogP contribution is -1.91. The topological polar surface area (TPSA) is 33.0 Å². The number of rotatable bonds is 2. The van der Waals surface area contributed by atoms with Crippen LogP contribution in [0.15, 0.2) is 42.5 Å². The van der Waals surface area contributed by atoms with E-state index in [1.165, 1.54) is 12.1 Å². The zero-order chi connectivity index (χ0) is 12.3. The highest BCUT2D eigenvalue weighted by atomic mass is 19.1. The first-order valence-electron chi connectivity index (χ1n) is 4.83. The molecule has 0 atom stereocenters. The zero-order valence-corrected chi connectivity index (χ0v) is 8.65. The van der Waals surface area contributed by atoms with Crippen molar-refractivity contribution < 1.29 is 13.5 Å². The molecule has 2 aromatic carbocycles. The largest absolute Gasteiger partial charge is 0.453 e. The molecule has 0 aliphatic rings. The summed E-state index contributed by atoms with van der Waals surface area (Å²) in [5.74, 6) is -1.33. The molecular formula is C13H7F2NO. The van der Waals surface area contributed by atoms with E-state index in [-0.39, 0.29) is 17.1 Å². The van der Waals surface area contributed by atoms with E-state index in [0.717, 1.165) is 18.2 Å². The standard InChI is InChI=1S/C13H7F2NO/c14-10-5-6-11(15)13(7-10)17-12-4-2-1-3-9(12)8-16/h1-7H. The van der Waals surface area contributed by atoms with E-state index in [0.29, 0.717) is 0 Å². The van der Waals surface area contributed by atoms with Gasteiger partial charge in [-0.05, 0) is 24.3 Å². The second-order valence-electron chi connectivity index (χ2n) is 3.28. The maximum atomic E-state index is 13.3. The van der Waals surface area contributed by atoms with E-state index in [2.05, 4.69) is 0 Å². The number of halogens is 2. The van der Waals surface area contributed by atoms with Gasteiger partial charge in [-0.15, -0.1) is 0 Å². The van der Waals surface area contributed by atoms with Crippen molar-refractivity contribution in [3.05, 3.63) is 59.7 Å². The minimum Gasteiger partial charge on any atom is -0.453 e. The van der Waals surface area contributed by atoms with Crippen molar-refractivity contribution >= 4 is 0 Å². The number of hydrogen-bond acceptors (Lipinski definition) is 2. The Hall–Kier alpha value is -2.41. The predicted molar refractivity (Wildman–Crippen MR) is 57.6 cm³/mol. The van der Waals surface area contributed by atoms with Crippen molar-refractivity contribution in [2.75, 3.05) is 0 Å². The smallest absolute Gasteiger partial charge is 0.166 e. The number of nitriles is 1. The average molecular weight is 231 g/mol. The van der Waals surface area contributed by atoms with Crippen molar-refractivity contribution in [2.24, 2.45) is 0 Å². The molecule has 0 N–H and O–H groups in total. The van der Waals surface area contributed by atoms with Crippen LogP contribution in [0, 0.1) is 23.0 Å². The predicted octanol–water partition coefficient (Wildman–Crippen LogP) is 3.63. The summed E-state index contributed by atoms with van der Waals surface area (Å²) in [6.45, 7) is 0. The van der Waals surface area contributed by atoms with Crippen LogP contribution in [0.1, 0.15) is 5.56 Å². The Kier molecular flexibility index (Phi) is 3.01. The quantitative estimate of drug-likeness (QED) is 0.790. The summed E-state index contributed by atoms with van der Waals surface area (Å²) in [5.41, 5.74) is 0.260. The Morgan fingerprint density at radius 3 is 2.53 bits per heavy atom. The molecular weight excluding hydrogens is 224 g/mol. The SMILES string of the molecule is N#Cc1ccccc1Oc1cc(F)ccc1F. The molecule has 0 spiro atoms. The van der Waals surface area contributed by atoms with Crippen LogP contribution < -0.4 is 4.74 Å².